The van der Waals surface area contributed by atoms with Gasteiger partial charge >= 0.3 is 0 Å². The molecule has 0 N–H and O–H groups in total. The lowest BCUT2D eigenvalue weighted by molar-refractivity contribution is 0.438. The molecule has 0 amide bonds. The Morgan fingerprint density at radius 1 is 1.00 bits per heavy atom. The highest BCUT2D eigenvalue weighted by atomic mass is 19.2. The van der Waals surface area contributed by atoms with Crippen molar-refractivity contribution in [2.75, 3.05) is 0 Å². The second-order valence-corrected chi connectivity index (χ2v) is 2.70. The fourth-order valence-corrected chi connectivity index (χ4v) is 1.09. The normalized spacial score (nSPS) is 10.5. The van der Waals surface area contributed by atoms with Gasteiger partial charge in [-0.3, -0.25) is 0 Å². The third kappa shape index (κ3) is 1.82. The minimum Gasteiger partial charge on any atom is -0.204 e. The first-order valence-corrected chi connectivity index (χ1v) is 3.89. The van der Waals surface area contributed by atoms with E-state index in [9.17, 15) is 17.6 Å². The Hall–Kier alpha value is -1.06. The van der Waals surface area contributed by atoms with E-state index in [0.29, 0.717) is 6.42 Å². The number of rotatable bonds is 2. The summed E-state index contributed by atoms with van der Waals surface area (Å²) >= 11 is 0. The minimum atomic E-state index is -1.35. The highest BCUT2D eigenvalue weighted by Gasteiger charge is 2.17. The molecule has 0 aliphatic carbocycles. The molecular formula is C9H8F4. The van der Waals surface area contributed by atoms with E-state index in [1.165, 1.54) is 0 Å². The van der Waals surface area contributed by atoms with Gasteiger partial charge in [0, 0.05) is 11.6 Å². The van der Waals surface area contributed by atoms with E-state index < -0.39 is 28.8 Å². The van der Waals surface area contributed by atoms with Gasteiger partial charge in [-0.2, -0.15) is 0 Å². The monoisotopic (exact) mass is 192 g/mol. The number of hydrogen-bond acceptors (Lipinski definition) is 0. The molecule has 0 aromatic heterocycles. The van der Waals surface area contributed by atoms with Crippen molar-refractivity contribution in [3.8, 4) is 0 Å². The molecule has 0 aliphatic rings. The van der Waals surface area contributed by atoms with Crippen molar-refractivity contribution in [3.05, 3.63) is 34.9 Å². The van der Waals surface area contributed by atoms with Gasteiger partial charge in [0.05, 0.1) is 0 Å². The third-order valence-electron chi connectivity index (χ3n) is 1.70. The van der Waals surface area contributed by atoms with Crippen molar-refractivity contribution in [2.24, 2.45) is 0 Å². The van der Waals surface area contributed by atoms with Gasteiger partial charge in [0.1, 0.15) is 0 Å². The van der Waals surface area contributed by atoms with Gasteiger partial charge in [0.2, 0.25) is 0 Å². The molecule has 1 rings (SSSR count). The van der Waals surface area contributed by atoms with Crippen molar-refractivity contribution in [2.45, 2.75) is 19.8 Å². The van der Waals surface area contributed by atoms with Crippen molar-refractivity contribution < 1.29 is 17.6 Å². The average Bonchev–Trinajstić information content (AvgIpc) is 2.09. The Morgan fingerprint density at radius 2 is 1.46 bits per heavy atom. The zero-order valence-corrected chi connectivity index (χ0v) is 7.00. The summed E-state index contributed by atoms with van der Waals surface area (Å²) in [4.78, 5) is 0. The predicted octanol–water partition coefficient (Wildman–Crippen LogP) is 3.20. The SMILES string of the molecule is CCCc1c(F)c(F)cc(F)c1F. The highest BCUT2D eigenvalue weighted by Crippen LogP contribution is 2.20. The smallest absolute Gasteiger partial charge is 0.165 e. The van der Waals surface area contributed by atoms with E-state index in [2.05, 4.69) is 0 Å². The van der Waals surface area contributed by atoms with Crippen LogP contribution in [0.2, 0.25) is 0 Å². The molecule has 1 aromatic carbocycles. The van der Waals surface area contributed by atoms with Crippen molar-refractivity contribution >= 4 is 0 Å². The molecule has 0 radical (unpaired) electrons. The van der Waals surface area contributed by atoms with Crippen LogP contribution in [0.5, 0.6) is 0 Å². The van der Waals surface area contributed by atoms with Gasteiger partial charge in [0.25, 0.3) is 0 Å². The van der Waals surface area contributed by atoms with Crippen LogP contribution in [0.25, 0.3) is 0 Å². The van der Waals surface area contributed by atoms with Crippen LogP contribution >= 0.6 is 0 Å². The molecule has 0 heterocycles. The van der Waals surface area contributed by atoms with Crippen LogP contribution in [0.3, 0.4) is 0 Å². The Labute approximate surface area is 73.2 Å². The Bertz CT molecular complexity index is 294. The van der Waals surface area contributed by atoms with E-state index in [-0.39, 0.29) is 12.5 Å². The number of halogens is 4. The Morgan fingerprint density at radius 3 is 1.85 bits per heavy atom. The fourth-order valence-electron chi connectivity index (χ4n) is 1.09. The van der Waals surface area contributed by atoms with E-state index in [1.54, 1.807) is 6.92 Å². The third-order valence-corrected chi connectivity index (χ3v) is 1.70. The van der Waals surface area contributed by atoms with Crippen LogP contribution in [0.15, 0.2) is 6.07 Å². The fraction of sp³-hybridized carbons (Fsp3) is 0.333. The molecule has 0 spiro atoms. The zero-order chi connectivity index (χ0) is 10.0. The zero-order valence-electron chi connectivity index (χ0n) is 7.00. The lowest BCUT2D eigenvalue weighted by Gasteiger charge is -2.04. The van der Waals surface area contributed by atoms with Crippen LogP contribution < -0.4 is 0 Å². The molecule has 0 fully saturated rings. The Balaban J connectivity index is 3.28. The summed E-state index contributed by atoms with van der Waals surface area (Å²) in [7, 11) is 0. The van der Waals surface area contributed by atoms with Crippen molar-refractivity contribution in [3.63, 3.8) is 0 Å². The quantitative estimate of drug-likeness (QED) is 0.498. The van der Waals surface area contributed by atoms with Crippen molar-refractivity contribution in [1.82, 2.24) is 0 Å². The molecule has 0 unspecified atom stereocenters. The van der Waals surface area contributed by atoms with Crippen LogP contribution in [0.4, 0.5) is 17.6 Å². The van der Waals surface area contributed by atoms with Gasteiger partial charge in [0.15, 0.2) is 23.3 Å². The summed E-state index contributed by atoms with van der Waals surface area (Å²) in [5, 5.41) is 0. The van der Waals surface area contributed by atoms with E-state index in [4.69, 9.17) is 0 Å². The van der Waals surface area contributed by atoms with Gasteiger partial charge in [-0.25, -0.2) is 17.6 Å². The van der Waals surface area contributed by atoms with E-state index in [1.807, 2.05) is 0 Å². The summed E-state index contributed by atoms with van der Waals surface area (Å²) in [5.41, 5.74) is -0.514. The lowest BCUT2D eigenvalue weighted by atomic mass is 10.1. The molecule has 0 saturated heterocycles. The first-order chi connectivity index (χ1) is 6.07. The van der Waals surface area contributed by atoms with Gasteiger partial charge in [-0.1, -0.05) is 13.3 Å². The molecule has 0 aliphatic heterocycles. The van der Waals surface area contributed by atoms with Crippen molar-refractivity contribution in [1.29, 1.82) is 0 Å². The Kier molecular flexibility index (Phi) is 2.90. The molecule has 4 heteroatoms. The number of benzene rings is 1. The van der Waals surface area contributed by atoms with E-state index in [0.717, 1.165) is 0 Å². The maximum Gasteiger partial charge on any atom is 0.165 e. The second-order valence-electron chi connectivity index (χ2n) is 2.70. The van der Waals surface area contributed by atoms with Gasteiger partial charge in [-0.05, 0) is 6.42 Å². The molecule has 0 saturated carbocycles. The summed E-state index contributed by atoms with van der Waals surface area (Å²) in [6.45, 7) is 1.67. The maximum atomic E-state index is 12.8. The summed E-state index contributed by atoms with van der Waals surface area (Å²) in [6, 6.07) is 0.212. The molecule has 0 nitrogen and oxygen atoms in total. The first-order valence-electron chi connectivity index (χ1n) is 3.89. The molecular weight excluding hydrogens is 184 g/mol. The second kappa shape index (κ2) is 3.77. The van der Waals surface area contributed by atoms with Crippen LogP contribution in [-0.2, 0) is 6.42 Å². The van der Waals surface area contributed by atoms with Crippen LogP contribution in [-0.4, -0.2) is 0 Å². The first kappa shape index (κ1) is 10.0. The molecule has 13 heavy (non-hydrogen) atoms. The van der Waals surface area contributed by atoms with Crippen LogP contribution in [0.1, 0.15) is 18.9 Å². The average molecular weight is 192 g/mol. The van der Waals surface area contributed by atoms with Gasteiger partial charge in [-0.15, -0.1) is 0 Å². The van der Waals surface area contributed by atoms with Crippen LogP contribution in [0, 0.1) is 23.3 Å². The number of hydrogen-bond donors (Lipinski definition) is 0. The lowest BCUT2D eigenvalue weighted by Crippen LogP contribution is -2.02. The van der Waals surface area contributed by atoms with E-state index >= 15 is 0 Å². The topological polar surface area (TPSA) is 0 Å². The minimum absolute atomic E-state index is 0.00759. The summed E-state index contributed by atoms with van der Waals surface area (Å²) in [6.07, 6.45) is 0.420. The predicted molar refractivity (Wildman–Crippen MR) is 40.3 cm³/mol. The molecule has 0 bridgehead atoms. The molecule has 1 aromatic rings. The summed E-state index contributed by atoms with van der Waals surface area (Å²) in [5.74, 6) is -5.27. The standard InChI is InChI=1S/C9H8F4/c1-2-3-5-8(12)6(10)4-7(11)9(5)13/h4H,2-3H2,1H3. The largest absolute Gasteiger partial charge is 0.204 e. The molecule has 0 atom stereocenters. The molecule has 72 valence electrons. The maximum absolute atomic E-state index is 12.8. The summed E-state index contributed by atoms with van der Waals surface area (Å²) < 4.78 is 50.8. The van der Waals surface area contributed by atoms with Gasteiger partial charge < -0.3 is 0 Å². The highest BCUT2D eigenvalue weighted by molar-refractivity contribution is 5.22.